The van der Waals surface area contributed by atoms with Crippen LogP contribution < -0.4 is 0 Å². The molecule has 1 aliphatic heterocycles. The van der Waals surface area contributed by atoms with Crippen molar-refractivity contribution in [2.75, 3.05) is 13.7 Å². The Hall–Kier alpha value is -2.25. The number of hydrogen-bond donors (Lipinski definition) is 1. The van der Waals surface area contributed by atoms with Crippen molar-refractivity contribution in [2.45, 2.75) is 35.6 Å². The second-order valence-electron chi connectivity index (χ2n) is 6.18. The summed E-state index contributed by atoms with van der Waals surface area (Å²) in [7, 11) is 1.57. The largest absolute Gasteiger partial charge is 0.481 e. The van der Waals surface area contributed by atoms with E-state index in [2.05, 4.69) is 0 Å². The molecule has 26 heavy (non-hydrogen) atoms. The van der Waals surface area contributed by atoms with Crippen LogP contribution >= 0.6 is 11.8 Å². The van der Waals surface area contributed by atoms with Gasteiger partial charge >= 0.3 is 5.97 Å². The Labute approximate surface area is 156 Å². The molecule has 6 nitrogen and oxygen atoms in total. The van der Waals surface area contributed by atoms with Crippen LogP contribution in [0, 0.1) is 0 Å². The van der Waals surface area contributed by atoms with E-state index < -0.39 is 5.97 Å². The molecule has 138 valence electrons. The Kier molecular flexibility index (Phi) is 6.00. The van der Waals surface area contributed by atoms with Crippen molar-refractivity contribution in [2.24, 2.45) is 0 Å². The summed E-state index contributed by atoms with van der Waals surface area (Å²) in [6, 6.07) is 11.3. The summed E-state index contributed by atoms with van der Waals surface area (Å²) in [6.45, 7) is 0.374. The van der Waals surface area contributed by atoms with Gasteiger partial charge in [-0.25, -0.2) is 0 Å². The van der Waals surface area contributed by atoms with Gasteiger partial charge in [-0.3, -0.25) is 9.59 Å². The van der Waals surface area contributed by atoms with Crippen LogP contribution in [0.25, 0.3) is 0 Å². The maximum Gasteiger partial charge on any atom is 0.305 e. The Morgan fingerprint density at radius 2 is 2.08 bits per heavy atom. The smallest absolute Gasteiger partial charge is 0.305 e. The summed E-state index contributed by atoms with van der Waals surface area (Å²) in [5, 5.41) is 9.12. The molecule has 2 unspecified atom stereocenters. The minimum Gasteiger partial charge on any atom is -0.481 e. The Morgan fingerprint density at radius 1 is 1.31 bits per heavy atom. The van der Waals surface area contributed by atoms with Gasteiger partial charge in [0.15, 0.2) is 5.76 Å². The molecule has 1 fully saturated rings. The standard InChI is InChI=1S/C19H21NO5S/c1-24-15-9-14(10-17(21)22)20(11-15)19(23)18-13(7-8-25-18)12-26-16-5-3-2-4-6-16/h2-8,14-15H,9-12H2,1H3,(H,21,22). The molecule has 1 aliphatic rings. The minimum atomic E-state index is -0.927. The quantitative estimate of drug-likeness (QED) is 0.748. The molecule has 0 spiro atoms. The first kappa shape index (κ1) is 18.5. The lowest BCUT2D eigenvalue weighted by Crippen LogP contribution is -2.37. The molecule has 1 amide bonds. The molecule has 0 saturated carbocycles. The lowest BCUT2D eigenvalue weighted by atomic mass is 10.1. The van der Waals surface area contributed by atoms with Crippen molar-refractivity contribution in [3.8, 4) is 0 Å². The molecule has 1 saturated heterocycles. The Morgan fingerprint density at radius 3 is 2.77 bits per heavy atom. The van der Waals surface area contributed by atoms with E-state index in [9.17, 15) is 9.59 Å². The zero-order chi connectivity index (χ0) is 18.5. The van der Waals surface area contributed by atoms with E-state index >= 15 is 0 Å². The van der Waals surface area contributed by atoms with Gasteiger partial charge in [0.05, 0.1) is 18.8 Å². The second kappa shape index (κ2) is 8.42. The third-order valence-electron chi connectivity index (χ3n) is 4.46. The van der Waals surface area contributed by atoms with Crippen LogP contribution in [0.3, 0.4) is 0 Å². The molecule has 2 heterocycles. The number of methoxy groups -OCH3 is 1. The number of benzene rings is 1. The fraction of sp³-hybridized carbons (Fsp3) is 0.368. The number of thioether (sulfide) groups is 1. The van der Waals surface area contributed by atoms with E-state index in [-0.39, 0.29) is 30.2 Å². The fourth-order valence-corrected chi connectivity index (χ4v) is 4.03. The molecular weight excluding hydrogens is 354 g/mol. The Bertz CT molecular complexity index is 760. The predicted molar refractivity (Wildman–Crippen MR) is 97.2 cm³/mol. The molecule has 2 aromatic rings. The number of hydrogen-bond acceptors (Lipinski definition) is 5. The van der Waals surface area contributed by atoms with Crippen molar-refractivity contribution in [1.82, 2.24) is 4.90 Å². The summed E-state index contributed by atoms with van der Waals surface area (Å²) in [4.78, 5) is 26.8. The fourth-order valence-electron chi connectivity index (χ4n) is 3.13. The van der Waals surface area contributed by atoms with Crippen molar-refractivity contribution in [3.63, 3.8) is 0 Å². The van der Waals surface area contributed by atoms with Crippen molar-refractivity contribution < 1.29 is 23.8 Å². The van der Waals surface area contributed by atoms with Crippen LogP contribution in [-0.4, -0.2) is 47.7 Å². The third kappa shape index (κ3) is 4.28. The topological polar surface area (TPSA) is 80.0 Å². The van der Waals surface area contributed by atoms with Gasteiger partial charge < -0.3 is 19.2 Å². The zero-order valence-electron chi connectivity index (χ0n) is 14.5. The average Bonchev–Trinajstić information content (AvgIpc) is 3.26. The predicted octanol–water partition coefficient (Wildman–Crippen LogP) is 3.28. The number of carbonyl (C=O) groups is 2. The van der Waals surface area contributed by atoms with Gasteiger partial charge in [0.1, 0.15) is 0 Å². The number of carboxylic acids is 1. The number of nitrogens with zero attached hydrogens (tertiary/aromatic N) is 1. The van der Waals surface area contributed by atoms with Crippen LogP contribution in [0.5, 0.6) is 0 Å². The summed E-state index contributed by atoms with van der Waals surface area (Å²) in [6.07, 6.45) is 1.77. The van der Waals surface area contributed by atoms with Gasteiger partial charge in [-0.2, -0.15) is 0 Å². The molecule has 1 aromatic carbocycles. The summed E-state index contributed by atoms with van der Waals surface area (Å²) in [5.41, 5.74) is 0.804. The van der Waals surface area contributed by atoms with Crippen molar-refractivity contribution >= 4 is 23.6 Å². The molecule has 2 atom stereocenters. The number of furan rings is 1. The van der Waals surface area contributed by atoms with Crippen molar-refractivity contribution in [1.29, 1.82) is 0 Å². The average molecular weight is 375 g/mol. The first-order valence-corrected chi connectivity index (χ1v) is 9.36. The second-order valence-corrected chi connectivity index (χ2v) is 7.23. The zero-order valence-corrected chi connectivity index (χ0v) is 15.3. The van der Waals surface area contributed by atoms with E-state index in [1.807, 2.05) is 30.3 Å². The molecule has 7 heteroatoms. The lowest BCUT2D eigenvalue weighted by molar-refractivity contribution is -0.138. The highest BCUT2D eigenvalue weighted by atomic mass is 32.2. The summed E-state index contributed by atoms with van der Waals surface area (Å²) in [5.74, 6) is -0.318. The van der Waals surface area contributed by atoms with E-state index in [0.29, 0.717) is 18.7 Å². The van der Waals surface area contributed by atoms with Gasteiger partial charge in [-0.05, 0) is 24.6 Å². The highest BCUT2D eigenvalue weighted by Gasteiger charge is 2.38. The van der Waals surface area contributed by atoms with E-state index in [0.717, 1.165) is 10.5 Å². The highest BCUT2D eigenvalue weighted by Crippen LogP contribution is 2.29. The van der Waals surface area contributed by atoms with Crippen LogP contribution in [-0.2, 0) is 15.3 Å². The van der Waals surface area contributed by atoms with Crippen LogP contribution in [0.15, 0.2) is 52.0 Å². The number of aliphatic carboxylic acids is 1. The monoisotopic (exact) mass is 375 g/mol. The summed E-state index contributed by atoms with van der Waals surface area (Å²) < 4.78 is 10.8. The maximum atomic E-state index is 13.0. The first-order chi connectivity index (χ1) is 12.6. The van der Waals surface area contributed by atoms with Crippen LogP contribution in [0.1, 0.15) is 29.0 Å². The molecular formula is C19H21NO5S. The molecule has 0 aliphatic carbocycles. The minimum absolute atomic E-state index is 0.0968. The van der Waals surface area contributed by atoms with Gasteiger partial charge in [0.2, 0.25) is 0 Å². The maximum absolute atomic E-state index is 13.0. The number of amides is 1. The Balaban J connectivity index is 1.73. The normalized spacial score (nSPS) is 19.7. The van der Waals surface area contributed by atoms with E-state index in [4.69, 9.17) is 14.3 Å². The van der Waals surface area contributed by atoms with E-state index in [1.54, 1.807) is 29.8 Å². The molecule has 0 radical (unpaired) electrons. The van der Waals surface area contributed by atoms with Crippen molar-refractivity contribution in [3.05, 3.63) is 54.0 Å². The number of carbonyl (C=O) groups excluding carboxylic acids is 1. The molecule has 3 rings (SSSR count). The van der Waals surface area contributed by atoms with Gasteiger partial charge in [-0.1, -0.05) is 18.2 Å². The SMILES string of the molecule is COC1CC(CC(=O)O)N(C(=O)c2occc2CSc2ccccc2)C1. The first-order valence-electron chi connectivity index (χ1n) is 8.38. The summed E-state index contributed by atoms with van der Waals surface area (Å²) >= 11 is 1.62. The third-order valence-corrected chi connectivity index (χ3v) is 5.52. The molecule has 1 aromatic heterocycles. The van der Waals surface area contributed by atoms with E-state index in [1.165, 1.54) is 6.26 Å². The molecule has 0 bridgehead atoms. The van der Waals surface area contributed by atoms with Gasteiger partial charge in [0.25, 0.3) is 5.91 Å². The number of carboxylic acid groups (broad SMARTS) is 1. The highest BCUT2D eigenvalue weighted by molar-refractivity contribution is 7.98. The number of rotatable bonds is 7. The lowest BCUT2D eigenvalue weighted by Gasteiger charge is -2.22. The van der Waals surface area contributed by atoms with Crippen LogP contribution in [0.4, 0.5) is 0 Å². The van der Waals surface area contributed by atoms with Gasteiger partial charge in [0, 0.05) is 35.9 Å². The van der Waals surface area contributed by atoms with Gasteiger partial charge in [-0.15, -0.1) is 11.8 Å². The number of likely N-dealkylation sites (tertiary alicyclic amines) is 1. The number of ether oxygens (including phenoxy) is 1. The van der Waals surface area contributed by atoms with Crippen LogP contribution in [0.2, 0.25) is 0 Å². The molecule has 1 N–H and O–H groups in total.